The lowest BCUT2D eigenvalue weighted by Crippen LogP contribution is -2.02. The van der Waals surface area contributed by atoms with Crippen LogP contribution in [-0.2, 0) is 0 Å². The lowest BCUT2D eigenvalue weighted by molar-refractivity contribution is 0.137. The molecule has 0 rings (SSSR count). The number of hydrogen-bond acceptors (Lipinski definition) is 2. The molecule has 0 aromatic rings. The highest BCUT2D eigenvalue weighted by Gasteiger charge is 1.74. The Kier molecular flexibility index (Phi) is 8.33. The van der Waals surface area contributed by atoms with Gasteiger partial charge in [-0.2, -0.15) is 0 Å². The monoisotopic (exact) mass is 148 g/mol. The fourth-order valence-corrected chi connectivity index (χ4v) is 0.127. The number of carbonyl (C=O) groups excluding carboxylic acids is 1. The van der Waals surface area contributed by atoms with Crippen LogP contribution in [-0.4, -0.2) is 28.6 Å². The number of rotatable bonds is 0. The van der Waals surface area contributed by atoms with Gasteiger partial charge in [-0.3, -0.25) is 0 Å². The van der Waals surface area contributed by atoms with E-state index in [2.05, 4.69) is 10.7 Å². The summed E-state index contributed by atoms with van der Waals surface area (Å²) in [6, 6.07) is -0.641. The van der Waals surface area contributed by atoms with E-state index in [1.54, 1.807) is 6.92 Å². The normalized spacial score (nSPS) is 8.10. The van der Waals surface area contributed by atoms with Crippen molar-refractivity contribution in [2.24, 2.45) is 10.7 Å². The molecule has 10 heavy (non-hydrogen) atoms. The number of nitrogens with zero attached hydrogens (tertiary/aromatic N) is 1. The molecule has 0 aliphatic heterocycles. The Bertz CT molecular complexity index is 138. The molecule has 0 radical (unpaired) electrons. The minimum Gasteiger partial charge on any atom is -0.450 e. The summed E-state index contributed by atoms with van der Waals surface area (Å²) in [5.41, 5.74) is 4.57. The lowest BCUT2D eigenvalue weighted by Gasteiger charge is -1.70. The molecule has 0 aromatic heterocycles. The third kappa shape index (κ3) is 94.4. The number of carboxylic acid groups (broad SMARTS) is 2. The van der Waals surface area contributed by atoms with E-state index in [4.69, 9.17) is 15.0 Å². The third-order valence-electron chi connectivity index (χ3n) is 0.256. The summed E-state index contributed by atoms with van der Waals surface area (Å²) in [4.78, 5) is 21.3. The first-order valence-electron chi connectivity index (χ1n) is 2.20. The number of carbonyl (C=O) groups is 2. The summed E-state index contributed by atoms with van der Waals surface area (Å²) >= 11 is 0. The lowest BCUT2D eigenvalue weighted by atomic mass is 10.9. The molecule has 0 aromatic carbocycles. The van der Waals surface area contributed by atoms with Crippen molar-refractivity contribution in [3.63, 3.8) is 0 Å². The van der Waals surface area contributed by atoms with E-state index in [1.807, 2.05) is 0 Å². The smallest absolute Gasteiger partial charge is 0.450 e. The molecular formula is C4H8N2O4. The van der Waals surface area contributed by atoms with E-state index < -0.39 is 12.2 Å². The molecule has 6 heteroatoms. The first-order chi connectivity index (χ1) is 4.50. The van der Waals surface area contributed by atoms with Crippen LogP contribution in [0.15, 0.2) is 4.99 Å². The van der Waals surface area contributed by atoms with Crippen LogP contribution >= 0.6 is 0 Å². The number of amides is 2. The third-order valence-corrected chi connectivity index (χ3v) is 0.256. The predicted molar refractivity (Wildman–Crippen MR) is 34.4 cm³/mol. The second-order valence-electron chi connectivity index (χ2n) is 1.01. The van der Waals surface area contributed by atoms with Gasteiger partial charge in [-0.15, -0.1) is 0 Å². The number of nitrogens with two attached hydrogens (primary N) is 1. The summed E-state index contributed by atoms with van der Waals surface area (Å²) in [5, 5.41) is 13.9. The summed E-state index contributed by atoms with van der Waals surface area (Å²) in [6.07, 6.45) is -0.484. The molecule has 0 saturated carbocycles. The molecular weight excluding hydrogens is 140 g/mol. The molecule has 0 heterocycles. The van der Waals surface area contributed by atoms with Crippen molar-refractivity contribution in [3.8, 4) is 0 Å². The average Bonchev–Trinajstić information content (AvgIpc) is 1.62. The highest BCUT2D eigenvalue weighted by atomic mass is 16.6. The van der Waals surface area contributed by atoms with Gasteiger partial charge in [0.05, 0.1) is 0 Å². The summed E-state index contributed by atoms with van der Waals surface area (Å²) in [5.74, 6) is 0. The molecule has 0 aliphatic rings. The van der Waals surface area contributed by atoms with Crippen LogP contribution in [0.5, 0.6) is 0 Å². The molecule has 0 spiro atoms. The van der Waals surface area contributed by atoms with Crippen LogP contribution in [0.2, 0.25) is 0 Å². The van der Waals surface area contributed by atoms with Gasteiger partial charge in [-0.25, -0.2) is 14.6 Å². The average molecular weight is 148 g/mol. The zero-order valence-corrected chi connectivity index (χ0v) is 5.31. The largest absolute Gasteiger partial charge is 0.503 e. The minimum atomic E-state index is -1.83. The zero-order valence-electron chi connectivity index (χ0n) is 5.31. The standard InChI is InChI=1S/C3H6N2O.CH2O3/c1-2-5-3(4)6;2-1(3)4/h2H,1H3,(H2,4,6);(H2,2,3,4). The molecule has 0 saturated heterocycles. The van der Waals surface area contributed by atoms with Crippen molar-refractivity contribution in [1.82, 2.24) is 0 Å². The molecule has 58 valence electrons. The Balaban J connectivity index is 0. The van der Waals surface area contributed by atoms with Gasteiger partial charge in [0.25, 0.3) is 0 Å². The predicted octanol–water partition coefficient (Wildman–Crippen LogP) is 0.378. The van der Waals surface area contributed by atoms with Crippen molar-refractivity contribution in [1.29, 1.82) is 0 Å². The first-order valence-corrected chi connectivity index (χ1v) is 2.20. The van der Waals surface area contributed by atoms with Gasteiger partial charge in [-0.05, 0) is 6.92 Å². The Morgan fingerprint density at radius 1 is 1.50 bits per heavy atom. The van der Waals surface area contributed by atoms with E-state index in [0.29, 0.717) is 0 Å². The topological polar surface area (TPSA) is 113 Å². The van der Waals surface area contributed by atoms with Crippen molar-refractivity contribution in [3.05, 3.63) is 0 Å². The van der Waals surface area contributed by atoms with Crippen LogP contribution in [0.1, 0.15) is 6.92 Å². The minimum absolute atomic E-state index is 0.641. The van der Waals surface area contributed by atoms with Crippen molar-refractivity contribution >= 4 is 18.4 Å². The van der Waals surface area contributed by atoms with Gasteiger partial charge < -0.3 is 15.9 Å². The van der Waals surface area contributed by atoms with Crippen LogP contribution in [0.25, 0.3) is 0 Å². The van der Waals surface area contributed by atoms with Crippen molar-refractivity contribution in [2.75, 3.05) is 0 Å². The van der Waals surface area contributed by atoms with Gasteiger partial charge in [0.15, 0.2) is 0 Å². The summed E-state index contributed by atoms with van der Waals surface area (Å²) < 4.78 is 0. The molecule has 2 amide bonds. The maximum atomic E-state index is 9.62. The first kappa shape index (κ1) is 11.2. The number of hydrogen-bond donors (Lipinski definition) is 3. The van der Waals surface area contributed by atoms with Crippen LogP contribution in [0, 0.1) is 0 Å². The SMILES string of the molecule is CC=NC(N)=O.O=C(O)O. The van der Waals surface area contributed by atoms with Gasteiger partial charge in [0.2, 0.25) is 0 Å². The molecule has 0 unspecified atom stereocenters. The highest BCUT2D eigenvalue weighted by molar-refractivity contribution is 5.81. The van der Waals surface area contributed by atoms with E-state index in [9.17, 15) is 4.79 Å². The molecule has 0 fully saturated rings. The highest BCUT2D eigenvalue weighted by Crippen LogP contribution is 1.59. The Labute approximate surface area is 57.0 Å². The van der Waals surface area contributed by atoms with Crippen LogP contribution < -0.4 is 5.73 Å². The van der Waals surface area contributed by atoms with Gasteiger partial charge in [0, 0.05) is 6.21 Å². The van der Waals surface area contributed by atoms with Gasteiger partial charge >= 0.3 is 12.2 Å². The van der Waals surface area contributed by atoms with E-state index in [1.165, 1.54) is 6.21 Å². The number of primary amides is 1. The van der Waals surface area contributed by atoms with Gasteiger partial charge in [-0.1, -0.05) is 0 Å². The molecule has 6 nitrogen and oxygen atoms in total. The zero-order chi connectivity index (χ0) is 8.57. The summed E-state index contributed by atoms with van der Waals surface area (Å²) in [7, 11) is 0. The fraction of sp³-hybridized carbons (Fsp3) is 0.250. The number of urea groups is 1. The molecule has 4 N–H and O–H groups in total. The quantitative estimate of drug-likeness (QED) is 0.431. The van der Waals surface area contributed by atoms with E-state index in [0.717, 1.165) is 0 Å². The Morgan fingerprint density at radius 2 is 1.80 bits per heavy atom. The van der Waals surface area contributed by atoms with Crippen molar-refractivity contribution in [2.45, 2.75) is 6.92 Å². The van der Waals surface area contributed by atoms with Crippen LogP contribution in [0.4, 0.5) is 9.59 Å². The molecule has 0 aliphatic carbocycles. The van der Waals surface area contributed by atoms with Gasteiger partial charge in [0.1, 0.15) is 0 Å². The maximum absolute atomic E-state index is 9.62. The molecule has 0 bridgehead atoms. The number of aliphatic imine (C=N–C) groups is 1. The second kappa shape index (κ2) is 7.41. The van der Waals surface area contributed by atoms with Crippen molar-refractivity contribution < 1.29 is 19.8 Å². The molecule has 0 atom stereocenters. The maximum Gasteiger partial charge on any atom is 0.503 e. The Hall–Kier alpha value is -1.59. The summed E-state index contributed by atoms with van der Waals surface area (Å²) in [6.45, 7) is 1.63. The van der Waals surface area contributed by atoms with Crippen LogP contribution in [0.3, 0.4) is 0 Å². The Morgan fingerprint density at radius 3 is 1.80 bits per heavy atom. The van der Waals surface area contributed by atoms with E-state index in [-0.39, 0.29) is 0 Å². The van der Waals surface area contributed by atoms with E-state index >= 15 is 0 Å². The fourth-order valence-electron chi connectivity index (χ4n) is 0.127. The second-order valence-corrected chi connectivity index (χ2v) is 1.01.